The Morgan fingerprint density at radius 2 is 1.62 bits per heavy atom. The lowest BCUT2D eigenvalue weighted by molar-refractivity contribution is -0.120. The van der Waals surface area contributed by atoms with Crippen molar-refractivity contribution in [2.75, 3.05) is 6.61 Å². The summed E-state index contributed by atoms with van der Waals surface area (Å²) in [5, 5.41) is 4.78. The van der Waals surface area contributed by atoms with E-state index in [1.165, 1.54) is 5.56 Å². The lowest BCUT2D eigenvalue weighted by atomic mass is 9.86. The molecular formula is C28H31ClN2O3. The molecular weight excluding hydrogens is 448 g/mol. The van der Waals surface area contributed by atoms with Gasteiger partial charge in [0.1, 0.15) is 6.61 Å². The number of carbonyl (C=O) groups is 1. The van der Waals surface area contributed by atoms with Crippen LogP contribution in [-0.2, 0) is 23.2 Å². The van der Waals surface area contributed by atoms with Gasteiger partial charge >= 0.3 is 0 Å². The molecule has 0 fully saturated rings. The Morgan fingerprint density at radius 1 is 0.941 bits per heavy atom. The average Bonchev–Trinajstić information content (AvgIpc) is 2.79. The number of rotatable bonds is 9. The molecule has 0 radical (unpaired) electrons. The Bertz CT molecular complexity index is 1120. The van der Waals surface area contributed by atoms with Crippen molar-refractivity contribution in [3.63, 3.8) is 0 Å². The maximum Gasteiger partial charge on any atom is 0.244 e. The number of benzene rings is 3. The summed E-state index contributed by atoms with van der Waals surface area (Å²) in [4.78, 5) is 12.3. The Balaban J connectivity index is 1.57. The zero-order valence-corrected chi connectivity index (χ0v) is 20.9. The molecule has 0 aromatic heterocycles. The van der Waals surface area contributed by atoms with E-state index in [1.807, 2.05) is 61.5 Å². The van der Waals surface area contributed by atoms with Crippen molar-refractivity contribution in [1.29, 1.82) is 0 Å². The van der Waals surface area contributed by atoms with Gasteiger partial charge in [-0.1, -0.05) is 68.8 Å². The summed E-state index contributed by atoms with van der Waals surface area (Å²) in [5.74, 6) is 1.08. The van der Waals surface area contributed by atoms with Gasteiger partial charge in [-0.25, -0.2) is 5.43 Å². The summed E-state index contributed by atoms with van der Waals surface area (Å²) >= 11 is 5.94. The van der Waals surface area contributed by atoms with Crippen molar-refractivity contribution in [3.8, 4) is 11.5 Å². The highest BCUT2D eigenvalue weighted by Crippen LogP contribution is 2.29. The Labute approximate surface area is 206 Å². The van der Waals surface area contributed by atoms with Crippen LogP contribution in [0, 0.1) is 0 Å². The van der Waals surface area contributed by atoms with Crippen molar-refractivity contribution >= 4 is 23.7 Å². The number of hydrogen-bond acceptors (Lipinski definition) is 4. The summed E-state index contributed by atoms with van der Waals surface area (Å²) in [6, 6.07) is 21.1. The highest BCUT2D eigenvalue weighted by molar-refractivity contribution is 6.30. The molecule has 3 aromatic carbocycles. The van der Waals surface area contributed by atoms with Crippen LogP contribution >= 0.6 is 11.6 Å². The number of nitrogens with zero attached hydrogens (tertiary/aromatic N) is 1. The molecule has 0 aliphatic rings. The van der Waals surface area contributed by atoms with Gasteiger partial charge in [0.25, 0.3) is 0 Å². The van der Waals surface area contributed by atoms with Crippen LogP contribution in [0.2, 0.25) is 5.02 Å². The van der Waals surface area contributed by atoms with E-state index >= 15 is 0 Å². The Kier molecular flexibility index (Phi) is 8.72. The third-order valence-corrected chi connectivity index (χ3v) is 5.41. The number of hydrazone groups is 1. The Morgan fingerprint density at radius 3 is 2.26 bits per heavy atom. The first-order chi connectivity index (χ1) is 16.2. The highest BCUT2D eigenvalue weighted by Gasteiger charge is 2.13. The van der Waals surface area contributed by atoms with Crippen LogP contribution in [0.15, 0.2) is 71.8 Å². The monoisotopic (exact) mass is 478 g/mol. The normalized spacial score (nSPS) is 11.4. The summed E-state index contributed by atoms with van der Waals surface area (Å²) in [6.07, 6.45) is 1.86. The van der Waals surface area contributed by atoms with Crippen molar-refractivity contribution in [2.24, 2.45) is 5.10 Å². The molecule has 0 saturated carbocycles. The smallest absolute Gasteiger partial charge is 0.244 e. The van der Waals surface area contributed by atoms with Crippen molar-refractivity contribution < 1.29 is 14.3 Å². The summed E-state index contributed by atoms with van der Waals surface area (Å²) in [6.45, 7) is 9.31. The maximum atomic E-state index is 12.3. The second kappa shape index (κ2) is 11.7. The molecule has 3 aromatic rings. The average molecular weight is 479 g/mol. The quantitative estimate of drug-likeness (QED) is 0.289. The van der Waals surface area contributed by atoms with E-state index in [2.05, 4.69) is 43.4 Å². The minimum atomic E-state index is -0.173. The largest absolute Gasteiger partial charge is 0.490 e. The van der Waals surface area contributed by atoms with E-state index in [-0.39, 0.29) is 17.7 Å². The Hall–Kier alpha value is -3.31. The second-order valence-corrected chi connectivity index (χ2v) is 9.41. The molecule has 0 spiro atoms. The van der Waals surface area contributed by atoms with Crippen LogP contribution in [-0.4, -0.2) is 18.7 Å². The number of nitrogens with one attached hydrogen (secondary N) is 1. The van der Waals surface area contributed by atoms with E-state index in [1.54, 1.807) is 6.21 Å². The molecule has 0 bridgehead atoms. The van der Waals surface area contributed by atoms with Gasteiger partial charge in [-0.2, -0.15) is 5.10 Å². The van der Waals surface area contributed by atoms with Crippen molar-refractivity contribution in [1.82, 2.24) is 5.43 Å². The summed E-state index contributed by atoms with van der Waals surface area (Å²) in [5.41, 5.74) is 6.65. The van der Waals surface area contributed by atoms with Gasteiger partial charge in [0.05, 0.1) is 19.2 Å². The van der Waals surface area contributed by atoms with E-state index in [0.717, 1.165) is 16.7 Å². The van der Waals surface area contributed by atoms with Gasteiger partial charge in [-0.05, 0) is 64.9 Å². The number of carbonyl (C=O) groups excluding carboxylic acids is 1. The molecule has 0 aliphatic carbocycles. The molecule has 3 rings (SSSR count). The number of ether oxygens (including phenoxy) is 2. The standard InChI is InChI=1S/C28H31ClN2O3/c1-5-33-26-16-22(10-15-25(26)34-19-21-8-13-24(29)14-9-21)18-30-31-27(32)17-20-6-11-23(12-7-20)28(2,3)4/h6-16,18H,5,17,19H2,1-4H3,(H,31,32). The van der Waals surface area contributed by atoms with Crippen molar-refractivity contribution in [2.45, 2.75) is 46.1 Å². The molecule has 6 heteroatoms. The van der Waals surface area contributed by atoms with Crippen molar-refractivity contribution in [3.05, 3.63) is 94.0 Å². The first kappa shape index (κ1) is 25.3. The predicted octanol–water partition coefficient (Wildman–Crippen LogP) is 6.31. The lowest BCUT2D eigenvalue weighted by Gasteiger charge is -2.19. The fourth-order valence-corrected chi connectivity index (χ4v) is 3.39. The summed E-state index contributed by atoms with van der Waals surface area (Å²) in [7, 11) is 0. The first-order valence-corrected chi connectivity index (χ1v) is 11.7. The summed E-state index contributed by atoms with van der Waals surface area (Å²) < 4.78 is 11.7. The van der Waals surface area contributed by atoms with Crippen LogP contribution in [0.4, 0.5) is 0 Å². The maximum absolute atomic E-state index is 12.3. The molecule has 5 nitrogen and oxygen atoms in total. The minimum absolute atomic E-state index is 0.0852. The molecule has 0 aliphatic heterocycles. The van der Waals surface area contributed by atoms with Crippen LogP contribution in [0.3, 0.4) is 0 Å². The zero-order chi connectivity index (χ0) is 24.6. The molecule has 0 saturated heterocycles. The van der Waals surface area contributed by atoms with E-state index in [0.29, 0.717) is 29.7 Å². The van der Waals surface area contributed by atoms with Gasteiger partial charge in [0, 0.05) is 5.02 Å². The van der Waals surface area contributed by atoms with E-state index < -0.39 is 0 Å². The third-order valence-electron chi connectivity index (χ3n) is 5.16. The van der Waals surface area contributed by atoms with Gasteiger partial charge in [0.15, 0.2) is 11.5 Å². The van der Waals surface area contributed by atoms with Crippen LogP contribution in [0.5, 0.6) is 11.5 Å². The lowest BCUT2D eigenvalue weighted by Crippen LogP contribution is -2.20. The molecule has 1 amide bonds. The topological polar surface area (TPSA) is 59.9 Å². The number of halogens is 1. The van der Waals surface area contributed by atoms with Gasteiger partial charge < -0.3 is 9.47 Å². The van der Waals surface area contributed by atoms with Crippen LogP contribution in [0.25, 0.3) is 0 Å². The molecule has 0 heterocycles. The first-order valence-electron chi connectivity index (χ1n) is 11.3. The van der Waals surface area contributed by atoms with E-state index in [4.69, 9.17) is 21.1 Å². The number of amides is 1. The van der Waals surface area contributed by atoms with Gasteiger partial charge in [0.2, 0.25) is 5.91 Å². The molecule has 0 atom stereocenters. The zero-order valence-electron chi connectivity index (χ0n) is 20.1. The fraction of sp³-hybridized carbons (Fsp3) is 0.286. The highest BCUT2D eigenvalue weighted by atomic mass is 35.5. The third kappa shape index (κ3) is 7.63. The van der Waals surface area contributed by atoms with Crippen LogP contribution in [0.1, 0.15) is 49.9 Å². The molecule has 34 heavy (non-hydrogen) atoms. The molecule has 1 N–H and O–H groups in total. The molecule has 0 unspecified atom stereocenters. The second-order valence-electron chi connectivity index (χ2n) is 8.97. The minimum Gasteiger partial charge on any atom is -0.490 e. The van der Waals surface area contributed by atoms with Gasteiger partial charge in [-0.15, -0.1) is 0 Å². The number of hydrogen-bond donors (Lipinski definition) is 1. The van der Waals surface area contributed by atoms with Gasteiger partial charge in [-0.3, -0.25) is 4.79 Å². The fourth-order valence-electron chi connectivity index (χ4n) is 3.26. The predicted molar refractivity (Wildman–Crippen MR) is 138 cm³/mol. The van der Waals surface area contributed by atoms with Crippen LogP contribution < -0.4 is 14.9 Å². The van der Waals surface area contributed by atoms with E-state index in [9.17, 15) is 4.79 Å². The molecule has 178 valence electrons. The SMILES string of the molecule is CCOc1cc(C=NNC(=O)Cc2ccc(C(C)(C)C)cc2)ccc1OCc1ccc(Cl)cc1.